The second-order valence-corrected chi connectivity index (χ2v) is 8.08. The molecule has 2 aromatic carbocycles. The van der Waals surface area contributed by atoms with Crippen LogP contribution in [0, 0.1) is 21.7 Å². The third-order valence-corrected chi connectivity index (χ3v) is 5.69. The number of nitrogens with zero attached hydrogens (tertiary/aromatic N) is 1. The molecule has 148 valence electrons. The monoisotopic (exact) mass is 523 g/mol. The Morgan fingerprint density at radius 3 is 2.66 bits per heavy atom. The van der Waals surface area contributed by atoms with Gasteiger partial charge in [0.1, 0.15) is 12.4 Å². The number of terminal acetylenes is 1. The minimum atomic E-state index is -0.397. The first-order valence-corrected chi connectivity index (χ1v) is 10.3. The van der Waals surface area contributed by atoms with Crippen molar-refractivity contribution in [1.29, 1.82) is 0 Å². The lowest BCUT2D eigenvalue weighted by Crippen LogP contribution is -2.27. The smallest absolute Gasteiger partial charge is 0.293 e. The second kappa shape index (κ2) is 9.33. The first kappa shape index (κ1) is 21.2. The van der Waals surface area contributed by atoms with Crippen molar-refractivity contribution in [2.45, 2.75) is 6.54 Å². The lowest BCUT2D eigenvalue weighted by molar-refractivity contribution is -0.123. The highest BCUT2D eigenvalue weighted by Gasteiger charge is 2.35. The topological polar surface area (TPSA) is 55.8 Å². The number of rotatable bonds is 6. The number of thioether (sulfide) groups is 1. The molecule has 0 unspecified atom stereocenters. The molecule has 29 heavy (non-hydrogen) atoms. The summed E-state index contributed by atoms with van der Waals surface area (Å²) in [6.45, 7) is 0.190. The zero-order valence-corrected chi connectivity index (χ0v) is 18.3. The van der Waals surface area contributed by atoms with Crippen molar-refractivity contribution in [2.24, 2.45) is 0 Å². The fraction of sp³-hybridized carbons (Fsp3) is 0.143. The molecule has 0 spiro atoms. The van der Waals surface area contributed by atoms with Crippen LogP contribution in [0.5, 0.6) is 11.5 Å². The van der Waals surface area contributed by atoms with E-state index in [1.54, 1.807) is 24.3 Å². The van der Waals surface area contributed by atoms with E-state index in [2.05, 4.69) is 28.5 Å². The molecule has 5 nitrogen and oxygen atoms in total. The van der Waals surface area contributed by atoms with Crippen LogP contribution in [-0.4, -0.2) is 29.8 Å². The highest BCUT2D eigenvalue weighted by Crippen LogP contribution is 2.37. The van der Waals surface area contributed by atoms with Gasteiger partial charge in [-0.2, -0.15) is 0 Å². The van der Waals surface area contributed by atoms with Crippen LogP contribution in [0.4, 0.5) is 9.18 Å². The van der Waals surface area contributed by atoms with Gasteiger partial charge < -0.3 is 9.47 Å². The molecule has 0 aromatic heterocycles. The molecule has 0 radical (unpaired) electrons. The molecule has 3 rings (SSSR count). The van der Waals surface area contributed by atoms with E-state index >= 15 is 0 Å². The lowest BCUT2D eigenvalue weighted by atomic mass is 10.1. The maximum Gasteiger partial charge on any atom is 0.293 e. The van der Waals surface area contributed by atoms with Crippen molar-refractivity contribution in [2.75, 3.05) is 13.7 Å². The highest BCUT2D eigenvalue weighted by molar-refractivity contribution is 14.1. The molecule has 0 saturated carbocycles. The Bertz CT molecular complexity index is 1030. The van der Waals surface area contributed by atoms with Crippen LogP contribution in [0.25, 0.3) is 6.08 Å². The maximum absolute atomic E-state index is 13.1. The molecule has 8 heteroatoms. The van der Waals surface area contributed by atoms with Crippen molar-refractivity contribution in [1.82, 2.24) is 4.90 Å². The molecular formula is C21H15FINO4S. The van der Waals surface area contributed by atoms with Gasteiger partial charge in [-0.25, -0.2) is 4.39 Å². The van der Waals surface area contributed by atoms with E-state index in [1.165, 1.54) is 19.2 Å². The summed E-state index contributed by atoms with van der Waals surface area (Å²) in [7, 11) is 1.51. The van der Waals surface area contributed by atoms with Gasteiger partial charge in [-0.3, -0.25) is 14.5 Å². The number of hydrogen-bond donors (Lipinski definition) is 0. The van der Waals surface area contributed by atoms with Crippen LogP contribution < -0.4 is 9.47 Å². The summed E-state index contributed by atoms with van der Waals surface area (Å²) in [6.07, 6.45) is 6.87. The van der Waals surface area contributed by atoms with E-state index in [-0.39, 0.29) is 24.2 Å². The number of carbonyl (C=O) groups excluding carboxylic acids is 2. The van der Waals surface area contributed by atoms with Crippen LogP contribution >= 0.6 is 34.4 Å². The summed E-state index contributed by atoms with van der Waals surface area (Å²) in [5.74, 6) is 2.63. The predicted octanol–water partition coefficient (Wildman–Crippen LogP) is 4.69. The number of ether oxygens (including phenoxy) is 2. The van der Waals surface area contributed by atoms with E-state index < -0.39 is 5.91 Å². The zero-order chi connectivity index (χ0) is 21.0. The Kier molecular flexibility index (Phi) is 6.82. The SMILES string of the molecule is C#CCOc1c(I)cc(/C=C2/SC(=O)N(Cc3ccc(F)cc3)C2=O)cc1OC. The van der Waals surface area contributed by atoms with Crippen LogP contribution in [-0.2, 0) is 11.3 Å². The van der Waals surface area contributed by atoms with E-state index in [0.717, 1.165) is 20.2 Å². The van der Waals surface area contributed by atoms with Gasteiger partial charge in [0.05, 0.1) is 22.1 Å². The van der Waals surface area contributed by atoms with Gasteiger partial charge in [-0.05, 0) is 75.8 Å². The first-order valence-electron chi connectivity index (χ1n) is 8.36. The second-order valence-electron chi connectivity index (χ2n) is 5.92. The maximum atomic E-state index is 13.1. The molecule has 1 fully saturated rings. The molecule has 1 aliphatic heterocycles. The number of hydrogen-bond acceptors (Lipinski definition) is 5. The molecule has 0 atom stereocenters. The normalized spacial score (nSPS) is 15.0. The fourth-order valence-electron chi connectivity index (χ4n) is 2.64. The Hall–Kier alpha value is -2.51. The van der Waals surface area contributed by atoms with Crippen molar-refractivity contribution in [3.63, 3.8) is 0 Å². The van der Waals surface area contributed by atoms with E-state index in [4.69, 9.17) is 15.9 Å². The quantitative estimate of drug-likeness (QED) is 0.313. The lowest BCUT2D eigenvalue weighted by Gasteiger charge is -2.13. The molecule has 0 N–H and O–H groups in total. The summed E-state index contributed by atoms with van der Waals surface area (Å²) >= 11 is 2.95. The van der Waals surface area contributed by atoms with Crippen LogP contribution in [0.3, 0.4) is 0 Å². The number of benzene rings is 2. The Morgan fingerprint density at radius 2 is 2.00 bits per heavy atom. The van der Waals surface area contributed by atoms with Gasteiger partial charge >= 0.3 is 0 Å². The Labute approximate surface area is 185 Å². The molecule has 0 aliphatic carbocycles. The molecule has 1 aliphatic rings. The van der Waals surface area contributed by atoms with Crippen LogP contribution in [0.15, 0.2) is 41.3 Å². The summed E-state index contributed by atoms with van der Waals surface area (Å²) in [5.41, 5.74) is 1.35. The summed E-state index contributed by atoms with van der Waals surface area (Å²) in [4.78, 5) is 26.4. The molecule has 1 heterocycles. The molecule has 2 aromatic rings. The highest BCUT2D eigenvalue weighted by atomic mass is 127. The Morgan fingerprint density at radius 1 is 1.28 bits per heavy atom. The average Bonchev–Trinajstić information content (AvgIpc) is 2.95. The van der Waals surface area contributed by atoms with Gasteiger partial charge in [0, 0.05) is 0 Å². The van der Waals surface area contributed by atoms with Gasteiger partial charge in [0.25, 0.3) is 11.1 Å². The fourth-order valence-corrected chi connectivity index (χ4v) is 4.26. The molecule has 0 bridgehead atoms. The van der Waals surface area contributed by atoms with Crippen molar-refractivity contribution < 1.29 is 23.5 Å². The number of halogens is 2. The predicted molar refractivity (Wildman–Crippen MR) is 118 cm³/mol. The van der Waals surface area contributed by atoms with E-state index in [1.807, 2.05) is 6.07 Å². The van der Waals surface area contributed by atoms with Gasteiger partial charge in [-0.1, -0.05) is 18.1 Å². The Balaban J connectivity index is 1.84. The summed E-state index contributed by atoms with van der Waals surface area (Å²) in [6, 6.07) is 9.20. The van der Waals surface area contributed by atoms with E-state index in [0.29, 0.717) is 27.5 Å². The van der Waals surface area contributed by atoms with Crippen molar-refractivity contribution in [3.8, 4) is 23.8 Å². The van der Waals surface area contributed by atoms with E-state index in [9.17, 15) is 14.0 Å². The zero-order valence-electron chi connectivity index (χ0n) is 15.3. The number of imide groups is 1. The minimum absolute atomic E-state index is 0.0853. The first-order chi connectivity index (χ1) is 13.9. The van der Waals surface area contributed by atoms with Crippen LogP contribution in [0.1, 0.15) is 11.1 Å². The average molecular weight is 523 g/mol. The molecular weight excluding hydrogens is 508 g/mol. The number of methoxy groups -OCH3 is 1. The molecule has 1 saturated heterocycles. The largest absolute Gasteiger partial charge is 0.493 e. The van der Waals surface area contributed by atoms with Gasteiger partial charge in [0.15, 0.2) is 11.5 Å². The number of amides is 2. The number of carbonyl (C=O) groups is 2. The van der Waals surface area contributed by atoms with Gasteiger partial charge in [-0.15, -0.1) is 6.42 Å². The van der Waals surface area contributed by atoms with Crippen molar-refractivity contribution >= 4 is 51.6 Å². The minimum Gasteiger partial charge on any atom is -0.493 e. The third kappa shape index (κ3) is 4.92. The standard InChI is InChI=1S/C21H15FINO4S/c1-3-8-28-19-16(23)9-14(10-17(19)27-2)11-18-20(25)24(21(26)29-18)12-13-4-6-15(22)7-5-13/h1,4-7,9-11H,8,12H2,2H3/b18-11+. The van der Waals surface area contributed by atoms with Crippen molar-refractivity contribution in [3.05, 3.63) is 61.8 Å². The summed E-state index contributed by atoms with van der Waals surface area (Å²) < 4.78 is 24.7. The third-order valence-electron chi connectivity index (χ3n) is 3.98. The van der Waals surface area contributed by atoms with Crippen LogP contribution in [0.2, 0.25) is 0 Å². The summed E-state index contributed by atoms with van der Waals surface area (Å²) in [5, 5.41) is -0.374. The molecule has 2 amide bonds. The van der Waals surface area contributed by atoms with Gasteiger partial charge in [0.2, 0.25) is 0 Å².